The van der Waals surface area contributed by atoms with E-state index in [0.29, 0.717) is 23.6 Å². The van der Waals surface area contributed by atoms with Gasteiger partial charge in [0.1, 0.15) is 11.8 Å². The molecule has 1 N–H and O–H groups in total. The second-order valence-electron chi connectivity index (χ2n) is 5.58. The van der Waals surface area contributed by atoms with Crippen LogP contribution in [0.3, 0.4) is 0 Å². The van der Waals surface area contributed by atoms with Gasteiger partial charge in [0, 0.05) is 19.0 Å². The topological polar surface area (TPSA) is 92.0 Å². The average Bonchev–Trinajstić information content (AvgIpc) is 3.16. The molecule has 0 aliphatic carbocycles. The Morgan fingerprint density at radius 2 is 2.00 bits per heavy atom. The molecular formula is C16H17N3O4S. The van der Waals surface area contributed by atoms with Crippen LogP contribution in [0, 0.1) is 0 Å². The third-order valence-corrected chi connectivity index (χ3v) is 4.64. The SMILES string of the molecule is CC(=O)Nc1ccc(C2=NN(S(C)(=O)=O)[C@H](c3ccco3)C2)cc1. The molecular weight excluding hydrogens is 330 g/mol. The highest BCUT2D eigenvalue weighted by Crippen LogP contribution is 2.34. The zero-order valence-corrected chi connectivity index (χ0v) is 14.1. The van der Waals surface area contributed by atoms with Crippen LogP contribution in [0.25, 0.3) is 0 Å². The van der Waals surface area contributed by atoms with Crippen molar-refractivity contribution in [1.29, 1.82) is 0 Å². The van der Waals surface area contributed by atoms with Crippen molar-refractivity contribution >= 4 is 27.3 Å². The van der Waals surface area contributed by atoms with Gasteiger partial charge in [-0.05, 0) is 29.8 Å². The number of sulfonamides is 1. The third-order valence-electron chi connectivity index (χ3n) is 3.62. The van der Waals surface area contributed by atoms with E-state index < -0.39 is 16.1 Å². The maximum Gasteiger partial charge on any atom is 0.247 e. The highest BCUT2D eigenvalue weighted by atomic mass is 32.2. The average molecular weight is 347 g/mol. The molecule has 2 aromatic rings. The molecule has 1 aliphatic rings. The number of hydrogen-bond donors (Lipinski definition) is 1. The predicted octanol–water partition coefficient (Wildman–Crippen LogP) is 2.35. The minimum Gasteiger partial charge on any atom is -0.467 e. The molecule has 0 saturated carbocycles. The van der Waals surface area contributed by atoms with Crippen molar-refractivity contribution in [3.63, 3.8) is 0 Å². The maximum atomic E-state index is 12.0. The van der Waals surface area contributed by atoms with Gasteiger partial charge in [-0.25, -0.2) is 8.42 Å². The number of carbonyl (C=O) groups excluding carboxylic acids is 1. The van der Waals surface area contributed by atoms with Crippen LogP contribution in [0.2, 0.25) is 0 Å². The Kier molecular flexibility index (Phi) is 4.15. The summed E-state index contributed by atoms with van der Waals surface area (Å²) >= 11 is 0. The van der Waals surface area contributed by atoms with Gasteiger partial charge in [0.25, 0.3) is 0 Å². The van der Waals surface area contributed by atoms with E-state index in [1.54, 1.807) is 36.4 Å². The number of rotatable bonds is 4. The van der Waals surface area contributed by atoms with Gasteiger partial charge in [-0.3, -0.25) is 4.79 Å². The first kappa shape index (κ1) is 16.3. The number of carbonyl (C=O) groups is 1. The van der Waals surface area contributed by atoms with Crippen molar-refractivity contribution in [3.05, 3.63) is 54.0 Å². The van der Waals surface area contributed by atoms with Crippen LogP contribution in [0.4, 0.5) is 5.69 Å². The number of amides is 1. The fraction of sp³-hybridized carbons (Fsp3) is 0.250. The fourth-order valence-electron chi connectivity index (χ4n) is 2.61. The molecule has 0 fully saturated rings. The number of nitrogens with zero attached hydrogens (tertiary/aromatic N) is 2. The second kappa shape index (κ2) is 6.12. The zero-order chi connectivity index (χ0) is 17.3. The Balaban J connectivity index is 1.90. The molecule has 126 valence electrons. The van der Waals surface area contributed by atoms with Crippen molar-refractivity contribution in [2.75, 3.05) is 11.6 Å². The van der Waals surface area contributed by atoms with Crippen LogP contribution < -0.4 is 5.32 Å². The molecule has 8 heteroatoms. The predicted molar refractivity (Wildman–Crippen MR) is 90.0 cm³/mol. The van der Waals surface area contributed by atoms with Gasteiger partial charge in [0.2, 0.25) is 15.9 Å². The molecule has 24 heavy (non-hydrogen) atoms. The molecule has 0 radical (unpaired) electrons. The van der Waals surface area contributed by atoms with Crippen LogP contribution in [-0.2, 0) is 14.8 Å². The second-order valence-corrected chi connectivity index (χ2v) is 7.42. The number of benzene rings is 1. The molecule has 0 bridgehead atoms. The summed E-state index contributed by atoms with van der Waals surface area (Å²) in [6.07, 6.45) is 3.05. The van der Waals surface area contributed by atoms with Gasteiger partial charge in [0.15, 0.2) is 0 Å². The molecule has 0 unspecified atom stereocenters. The summed E-state index contributed by atoms with van der Waals surface area (Å²) in [7, 11) is -3.51. The molecule has 2 heterocycles. The van der Waals surface area contributed by atoms with Crippen molar-refractivity contribution in [3.8, 4) is 0 Å². The Hall–Kier alpha value is -2.61. The summed E-state index contributed by atoms with van der Waals surface area (Å²) < 4.78 is 30.5. The Morgan fingerprint density at radius 1 is 1.29 bits per heavy atom. The Labute approximate surface area is 140 Å². The molecule has 7 nitrogen and oxygen atoms in total. The summed E-state index contributed by atoms with van der Waals surface area (Å²) in [5, 5.41) is 6.96. The van der Waals surface area contributed by atoms with Gasteiger partial charge < -0.3 is 9.73 Å². The van der Waals surface area contributed by atoms with E-state index >= 15 is 0 Å². The minimum absolute atomic E-state index is 0.151. The summed E-state index contributed by atoms with van der Waals surface area (Å²) in [5.74, 6) is 0.399. The van der Waals surface area contributed by atoms with Crippen LogP contribution in [0.5, 0.6) is 0 Å². The molecule has 1 aromatic heterocycles. The number of nitrogens with one attached hydrogen (secondary N) is 1. The first-order chi connectivity index (χ1) is 11.3. The lowest BCUT2D eigenvalue weighted by atomic mass is 10.0. The summed E-state index contributed by atoms with van der Waals surface area (Å²) in [6, 6.07) is 10.1. The summed E-state index contributed by atoms with van der Waals surface area (Å²) in [5.41, 5.74) is 2.12. The zero-order valence-electron chi connectivity index (χ0n) is 13.3. The molecule has 3 rings (SSSR count). The van der Waals surface area contributed by atoms with Crippen LogP contribution in [0.15, 0.2) is 52.2 Å². The van der Waals surface area contributed by atoms with E-state index in [9.17, 15) is 13.2 Å². The first-order valence-electron chi connectivity index (χ1n) is 7.33. The number of anilines is 1. The normalized spacial score (nSPS) is 17.7. The van der Waals surface area contributed by atoms with E-state index in [4.69, 9.17) is 4.42 Å². The fourth-order valence-corrected chi connectivity index (χ4v) is 3.50. The third kappa shape index (κ3) is 3.33. The lowest BCUT2D eigenvalue weighted by Gasteiger charge is -2.18. The highest BCUT2D eigenvalue weighted by molar-refractivity contribution is 7.88. The summed E-state index contributed by atoms with van der Waals surface area (Å²) in [4.78, 5) is 11.1. The quantitative estimate of drug-likeness (QED) is 0.919. The lowest BCUT2D eigenvalue weighted by Crippen LogP contribution is -2.25. The molecule has 1 atom stereocenters. The largest absolute Gasteiger partial charge is 0.467 e. The highest BCUT2D eigenvalue weighted by Gasteiger charge is 2.36. The van der Waals surface area contributed by atoms with Gasteiger partial charge in [-0.2, -0.15) is 9.52 Å². The molecule has 0 saturated heterocycles. The number of hydrazone groups is 1. The van der Waals surface area contributed by atoms with Gasteiger partial charge in [-0.1, -0.05) is 12.1 Å². The van der Waals surface area contributed by atoms with Gasteiger partial charge in [-0.15, -0.1) is 0 Å². The summed E-state index contributed by atoms with van der Waals surface area (Å²) in [6.45, 7) is 1.44. The molecule has 1 amide bonds. The Morgan fingerprint density at radius 3 is 2.54 bits per heavy atom. The lowest BCUT2D eigenvalue weighted by molar-refractivity contribution is -0.114. The van der Waals surface area contributed by atoms with Crippen molar-refractivity contribution in [2.45, 2.75) is 19.4 Å². The van der Waals surface area contributed by atoms with Crippen LogP contribution in [0.1, 0.15) is 30.7 Å². The minimum atomic E-state index is -3.51. The van der Waals surface area contributed by atoms with Gasteiger partial charge in [0.05, 0.1) is 18.2 Å². The smallest absolute Gasteiger partial charge is 0.247 e. The van der Waals surface area contributed by atoms with Crippen LogP contribution >= 0.6 is 0 Å². The maximum absolute atomic E-state index is 12.0. The standard InChI is InChI=1S/C16H17N3O4S/c1-11(20)17-13-7-5-12(6-8-13)14-10-15(16-4-3-9-23-16)19(18-14)24(2,21)22/h3-9,15H,10H2,1-2H3,(H,17,20)/t15-/m0/s1. The van der Waals surface area contributed by atoms with Crippen molar-refractivity contribution in [2.24, 2.45) is 5.10 Å². The van der Waals surface area contributed by atoms with E-state index in [0.717, 1.165) is 16.2 Å². The van der Waals surface area contributed by atoms with Crippen molar-refractivity contribution in [1.82, 2.24) is 4.41 Å². The van der Waals surface area contributed by atoms with E-state index in [-0.39, 0.29) is 5.91 Å². The van der Waals surface area contributed by atoms with Crippen LogP contribution in [-0.4, -0.2) is 30.7 Å². The van der Waals surface area contributed by atoms with Gasteiger partial charge >= 0.3 is 0 Å². The van der Waals surface area contributed by atoms with E-state index in [2.05, 4.69) is 10.4 Å². The molecule has 1 aliphatic heterocycles. The van der Waals surface area contributed by atoms with E-state index in [1.807, 2.05) is 0 Å². The number of furan rings is 1. The van der Waals surface area contributed by atoms with Crippen molar-refractivity contribution < 1.29 is 17.6 Å². The molecule has 0 spiro atoms. The molecule has 1 aromatic carbocycles. The first-order valence-corrected chi connectivity index (χ1v) is 9.18. The van der Waals surface area contributed by atoms with E-state index in [1.165, 1.54) is 13.2 Å². The monoisotopic (exact) mass is 347 g/mol. The number of hydrogen-bond acceptors (Lipinski definition) is 5. The Bertz CT molecular complexity index is 871.